The third kappa shape index (κ3) is 2.85. The third-order valence-corrected chi connectivity index (χ3v) is 5.24. The van der Waals surface area contributed by atoms with Gasteiger partial charge in [-0.1, -0.05) is 18.2 Å². The predicted molar refractivity (Wildman–Crippen MR) is 97.3 cm³/mol. The number of aromatic nitrogens is 4. The number of hydrogen-bond acceptors (Lipinski definition) is 4. The minimum absolute atomic E-state index is 0.0632. The monoisotopic (exact) mass is 339 g/mol. The van der Waals surface area contributed by atoms with Crippen molar-refractivity contribution in [2.24, 2.45) is 7.05 Å². The van der Waals surface area contributed by atoms with Crippen LogP contribution in [0.3, 0.4) is 0 Å². The number of rotatable bonds is 5. The van der Waals surface area contributed by atoms with Gasteiger partial charge in [0.25, 0.3) is 0 Å². The van der Waals surface area contributed by atoms with Crippen LogP contribution in [-0.4, -0.2) is 32.2 Å². The van der Waals surface area contributed by atoms with Crippen molar-refractivity contribution < 1.29 is 4.74 Å². The largest absolute Gasteiger partial charge is 0.372 e. The summed E-state index contributed by atoms with van der Waals surface area (Å²) in [5.74, 6) is 0. The Hall–Kier alpha value is -2.18. The van der Waals surface area contributed by atoms with Crippen LogP contribution in [0.25, 0.3) is 10.9 Å². The average molecular weight is 339 g/mol. The molecule has 0 unspecified atom stereocenters. The molecule has 0 bridgehead atoms. The van der Waals surface area contributed by atoms with Gasteiger partial charge in [-0.25, -0.2) is 0 Å². The van der Waals surface area contributed by atoms with E-state index in [2.05, 4.69) is 53.2 Å². The molecule has 0 aliphatic carbocycles. The van der Waals surface area contributed by atoms with Gasteiger partial charge in [0.1, 0.15) is 6.10 Å². The number of aryl methyl sites for hydroxylation is 2. The van der Waals surface area contributed by atoms with E-state index in [-0.39, 0.29) is 12.1 Å². The summed E-state index contributed by atoms with van der Waals surface area (Å²) in [6, 6.07) is 8.72. The third-order valence-electron chi connectivity index (χ3n) is 5.24. The number of nitrogens with zero attached hydrogens (tertiary/aromatic N) is 4. The standard InChI is InChI=1S/C19H25N5O/c1-4-24-18-8-6-5-7-14(18)17(22-24)12-20-16-9-10-25-19(16)15-11-21-23(3)13(15)2/h5-8,11,16,19-20H,4,9-10,12H2,1-3H3/t16-,19+/m0/s1. The summed E-state index contributed by atoms with van der Waals surface area (Å²) in [5, 5.41) is 14.0. The Balaban J connectivity index is 1.54. The highest BCUT2D eigenvalue weighted by Crippen LogP contribution is 2.31. The zero-order valence-corrected chi connectivity index (χ0v) is 15.1. The Labute approximate surface area is 147 Å². The average Bonchev–Trinajstić information content (AvgIpc) is 3.32. The van der Waals surface area contributed by atoms with Crippen molar-refractivity contribution in [3.63, 3.8) is 0 Å². The first kappa shape index (κ1) is 16.3. The number of ether oxygens (including phenoxy) is 1. The molecular weight excluding hydrogens is 314 g/mol. The van der Waals surface area contributed by atoms with Crippen molar-refractivity contribution in [1.82, 2.24) is 24.9 Å². The number of fused-ring (bicyclic) bond motifs is 1. The van der Waals surface area contributed by atoms with E-state index in [4.69, 9.17) is 9.84 Å². The Bertz CT molecular complexity index is 881. The van der Waals surface area contributed by atoms with Gasteiger partial charge in [-0.05, 0) is 26.3 Å². The van der Waals surface area contributed by atoms with E-state index < -0.39 is 0 Å². The van der Waals surface area contributed by atoms with E-state index in [1.807, 2.05) is 17.9 Å². The highest BCUT2D eigenvalue weighted by Gasteiger charge is 2.31. The van der Waals surface area contributed by atoms with Crippen LogP contribution in [0.5, 0.6) is 0 Å². The van der Waals surface area contributed by atoms with Gasteiger partial charge in [0.05, 0.1) is 17.4 Å². The van der Waals surface area contributed by atoms with Crippen LogP contribution in [0, 0.1) is 6.92 Å². The van der Waals surface area contributed by atoms with E-state index >= 15 is 0 Å². The molecule has 0 amide bonds. The van der Waals surface area contributed by atoms with E-state index in [1.54, 1.807) is 0 Å². The molecule has 4 rings (SSSR count). The number of hydrogen-bond donors (Lipinski definition) is 1. The molecule has 0 radical (unpaired) electrons. The van der Waals surface area contributed by atoms with Gasteiger partial charge in [0.2, 0.25) is 0 Å². The molecule has 3 heterocycles. The molecule has 1 saturated heterocycles. The number of benzene rings is 1. The van der Waals surface area contributed by atoms with Crippen LogP contribution in [0.2, 0.25) is 0 Å². The van der Waals surface area contributed by atoms with Crippen LogP contribution in [0.4, 0.5) is 0 Å². The molecule has 25 heavy (non-hydrogen) atoms. The van der Waals surface area contributed by atoms with Crippen LogP contribution in [0.15, 0.2) is 30.5 Å². The van der Waals surface area contributed by atoms with Gasteiger partial charge >= 0.3 is 0 Å². The Kier molecular flexibility index (Phi) is 4.31. The van der Waals surface area contributed by atoms with Crippen molar-refractivity contribution in [2.45, 2.75) is 45.5 Å². The molecule has 6 heteroatoms. The zero-order valence-electron chi connectivity index (χ0n) is 15.1. The number of para-hydroxylation sites is 1. The molecule has 0 spiro atoms. The molecule has 1 aliphatic heterocycles. The fourth-order valence-corrected chi connectivity index (χ4v) is 3.70. The van der Waals surface area contributed by atoms with E-state index in [9.17, 15) is 0 Å². The maximum Gasteiger partial charge on any atom is 0.101 e. The Morgan fingerprint density at radius 1 is 1.32 bits per heavy atom. The molecule has 6 nitrogen and oxygen atoms in total. The van der Waals surface area contributed by atoms with E-state index in [0.717, 1.165) is 31.8 Å². The van der Waals surface area contributed by atoms with Gasteiger partial charge in [-0.3, -0.25) is 9.36 Å². The lowest BCUT2D eigenvalue weighted by Gasteiger charge is -2.19. The first-order chi connectivity index (χ1) is 12.2. The van der Waals surface area contributed by atoms with Crippen LogP contribution < -0.4 is 5.32 Å². The second kappa shape index (κ2) is 6.61. The van der Waals surface area contributed by atoms with Gasteiger partial charge in [-0.15, -0.1) is 0 Å². The van der Waals surface area contributed by atoms with Crippen molar-refractivity contribution in [3.05, 3.63) is 47.4 Å². The van der Waals surface area contributed by atoms with Crippen LogP contribution >= 0.6 is 0 Å². The normalized spacial score (nSPS) is 20.6. The first-order valence-electron chi connectivity index (χ1n) is 8.97. The zero-order chi connectivity index (χ0) is 17.4. The van der Waals surface area contributed by atoms with Crippen LogP contribution in [0.1, 0.15) is 36.4 Å². The smallest absolute Gasteiger partial charge is 0.101 e. The molecule has 132 valence electrons. The quantitative estimate of drug-likeness (QED) is 0.776. The molecule has 1 N–H and O–H groups in total. The fraction of sp³-hybridized carbons (Fsp3) is 0.474. The van der Waals surface area contributed by atoms with Crippen molar-refractivity contribution in [2.75, 3.05) is 6.61 Å². The second-order valence-electron chi connectivity index (χ2n) is 6.66. The Morgan fingerprint density at radius 3 is 2.92 bits per heavy atom. The van der Waals surface area contributed by atoms with Gasteiger partial charge in [0, 0.05) is 49.4 Å². The summed E-state index contributed by atoms with van der Waals surface area (Å²) in [4.78, 5) is 0. The number of nitrogens with one attached hydrogen (secondary N) is 1. The summed E-state index contributed by atoms with van der Waals surface area (Å²) in [7, 11) is 1.97. The van der Waals surface area contributed by atoms with Crippen LogP contribution in [-0.2, 0) is 24.9 Å². The molecule has 2 aromatic heterocycles. The summed E-state index contributed by atoms with van der Waals surface area (Å²) >= 11 is 0. The Morgan fingerprint density at radius 2 is 2.16 bits per heavy atom. The second-order valence-corrected chi connectivity index (χ2v) is 6.66. The van der Waals surface area contributed by atoms with Gasteiger partial charge in [-0.2, -0.15) is 10.2 Å². The molecule has 3 aromatic rings. The highest BCUT2D eigenvalue weighted by molar-refractivity contribution is 5.81. The van der Waals surface area contributed by atoms with Crippen molar-refractivity contribution >= 4 is 10.9 Å². The fourth-order valence-electron chi connectivity index (χ4n) is 3.70. The van der Waals surface area contributed by atoms with Gasteiger partial charge in [0.15, 0.2) is 0 Å². The molecule has 2 atom stereocenters. The maximum absolute atomic E-state index is 6.01. The summed E-state index contributed by atoms with van der Waals surface area (Å²) in [6.45, 7) is 6.63. The SMILES string of the molecule is CCn1nc(CN[C@H]2CCO[C@@H]2c2cnn(C)c2C)c2ccccc21. The molecule has 1 aromatic carbocycles. The minimum atomic E-state index is 0.0632. The summed E-state index contributed by atoms with van der Waals surface area (Å²) in [6.07, 6.45) is 3.00. The summed E-state index contributed by atoms with van der Waals surface area (Å²) in [5.41, 5.74) is 4.65. The lowest BCUT2D eigenvalue weighted by Crippen LogP contribution is -2.31. The highest BCUT2D eigenvalue weighted by atomic mass is 16.5. The molecule has 1 aliphatic rings. The maximum atomic E-state index is 6.01. The first-order valence-corrected chi connectivity index (χ1v) is 8.97. The predicted octanol–water partition coefficient (Wildman–Crippen LogP) is 2.72. The van der Waals surface area contributed by atoms with E-state index in [1.165, 1.54) is 22.2 Å². The van der Waals surface area contributed by atoms with Crippen molar-refractivity contribution in [1.29, 1.82) is 0 Å². The molecular formula is C19H25N5O. The minimum Gasteiger partial charge on any atom is -0.372 e. The van der Waals surface area contributed by atoms with Gasteiger partial charge < -0.3 is 10.1 Å². The van der Waals surface area contributed by atoms with Crippen molar-refractivity contribution in [3.8, 4) is 0 Å². The summed E-state index contributed by atoms with van der Waals surface area (Å²) < 4.78 is 9.98. The van der Waals surface area contributed by atoms with E-state index in [0.29, 0.717) is 0 Å². The molecule has 1 fully saturated rings. The lowest BCUT2D eigenvalue weighted by molar-refractivity contribution is 0.0978. The topological polar surface area (TPSA) is 56.9 Å². The molecule has 0 saturated carbocycles. The lowest BCUT2D eigenvalue weighted by atomic mass is 10.0.